The zero-order valence-corrected chi connectivity index (χ0v) is 21.0. The number of thioether (sulfide) groups is 1. The van der Waals surface area contributed by atoms with Gasteiger partial charge in [0.25, 0.3) is 11.5 Å². The summed E-state index contributed by atoms with van der Waals surface area (Å²) in [5, 5.41) is 36.4. The molecule has 0 radical (unpaired) electrons. The van der Waals surface area contributed by atoms with Crippen LogP contribution in [0.3, 0.4) is 0 Å². The van der Waals surface area contributed by atoms with Crippen molar-refractivity contribution in [2.24, 2.45) is 0 Å². The van der Waals surface area contributed by atoms with Crippen molar-refractivity contribution in [3.05, 3.63) is 112 Å². The summed E-state index contributed by atoms with van der Waals surface area (Å²) in [5.41, 5.74) is 3.24. The van der Waals surface area contributed by atoms with Crippen LogP contribution in [0.1, 0.15) is 27.3 Å². The number of anilines is 1. The molecule has 0 saturated carbocycles. The third-order valence-corrected chi connectivity index (χ3v) is 6.82. The van der Waals surface area contributed by atoms with Gasteiger partial charge in [0.2, 0.25) is 0 Å². The molecule has 188 valence electrons. The number of carbonyl (C=O) groups is 1. The molecule has 1 amide bonds. The Morgan fingerprint density at radius 3 is 2.13 bits per heavy atom. The van der Waals surface area contributed by atoms with Crippen molar-refractivity contribution < 1.29 is 4.79 Å². The molecular weight excluding hydrogens is 512 g/mol. The Morgan fingerprint density at radius 2 is 1.51 bits per heavy atom. The Kier molecular flexibility index (Phi) is 7.26. The molecule has 0 aliphatic rings. The van der Waals surface area contributed by atoms with Crippen LogP contribution in [0, 0.1) is 22.7 Å². The van der Waals surface area contributed by atoms with E-state index in [-0.39, 0.29) is 28.4 Å². The van der Waals surface area contributed by atoms with Crippen LogP contribution in [0.2, 0.25) is 0 Å². The number of amides is 1. The largest absolute Gasteiger partial charge is 0.322 e. The SMILES string of the molecule is N#Cc1c(SCc2nn[nH]n2)[nH]c(=O)c(C#N)c1-c1ccc(-c2ccc(C(=O)Nc3ccccc3)cc2)cc1. The summed E-state index contributed by atoms with van der Waals surface area (Å²) < 4.78 is 0. The number of rotatable bonds is 7. The number of nitriles is 2. The number of hydrogen-bond donors (Lipinski definition) is 3. The van der Waals surface area contributed by atoms with Crippen molar-refractivity contribution in [3.63, 3.8) is 0 Å². The van der Waals surface area contributed by atoms with Gasteiger partial charge in [0.05, 0.1) is 16.3 Å². The average molecular weight is 531 g/mol. The molecule has 39 heavy (non-hydrogen) atoms. The van der Waals surface area contributed by atoms with Crippen LogP contribution >= 0.6 is 11.8 Å². The van der Waals surface area contributed by atoms with E-state index in [1.807, 2.05) is 60.7 Å². The number of hydrogen-bond acceptors (Lipinski definition) is 8. The summed E-state index contributed by atoms with van der Waals surface area (Å²) in [6, 6.07) is 27.6. The van der Waals surface area contributed by atoms with Crippen molar-refractivity contribution in [2.75, 3.05) is 5.32 Å². The lowest BCUT2D eigenvalue weighted by atomic mass is 9.95. The van der Waals surface area contributed by atoms with Gasteiger partial charge in [-0.15, -0.1) is 10.2 Å². The van der Waals surface area contributed by atoms with Gasteiger partial charge in [-0.05, 0) is 41.0 Å². The molecular formula is C28H18N8O2S. The maximum Gasteiger partial charge on any atom is 0.267 e. The number of para-hydroxylation sites is 1. The first-order valence-electron chi connectivity index (χ1n) is 11.6. The Morgan fingerprint density at radius 1 is 0.872 bits per heavy atom. The first kappa shape index (κ1) is 25.1. The summed E-state index contributed by atoms with van der Waals surface area (Å²) in [4.78, 5) is 27.9. The van der Waals surface area contributed by atoms with Crippen molar-refractivity contribution >= 4 is 23.4 Å². The Balaban J connectivity index is 1.41. The normalized spacial score (nSPS) is 10.4. The fourth-order valence-electron chi connectivity index (χ4n) is 3.94. The minimum Gasteiger partial charge on any atom is -0.322 e. The quantitative estimate of drug-likeness (QED) is 0.259. The van der Waals surface area contributed by atoms with E-state index < -0.39 is 5.56 Å². The highest BCUT2D eigenvalue weighted by Crippen LogP contribution is 2.33. The molecule has 0 atom stereocenters. The minimum atomic E-state index is -0.587. The molecule has 2 heterocycles. The Labute approximate surface area is 226 Å². The second kappa shape index (κ2) is 11.3. The lowest BCUT2D eigenvalue weighted by Crippen LogP contribution is -2.15. The van der Waals surface area contributed by atoms with Gasteiger partial charge >= 0.3 is 0 Å². The van der Waals surface area contributed by atoms with Crippen LogP contribution in [-0.2, 0) is 5.75 Å². The molecule has 0 fully saturated rings. The second-order valence-electron chi connectivity index (χ2n) is 8.22. The number of aromatic amines is 2. The molecule has 0 bridgehead atoms. The summed E-state index contributed by atoms with van der Waals surface area (Å²) in [6.45, 7) is 0. The Hall–Kier alpha value is -5.52. The third-order valence-electron chi connectivity index (χ3n) is 5.83. The number of carbonyl (C=O) groups excluding carboxylic acids is 1. The molecule has 10 nitrogen and oxygen atoms in total. The first-order valence-corrected chi connectivity index (χ1v) is 12.6. The molecule has 0 saturated heterocycles. The molecule has 0 unspecified atom stereocenters. The molecule has 3 aromatic carbocycles. The number of nitrogens with zero attached hydrogens (tertiary/aromatic N) is 5. The highest BCUT2D eigenvalue weighted by atomic mass is 32.2. The Bertz CT molecular complexity index is 1770. The van der Waals surface area contributed by atoms with E-state index in [9.17, 15) is 20.1 Å². The highest BCUT2D eigenvalue weighted by Gasteiger charge is 2.20. The fourth-order valence-corrected chi connectivity index (χ4v) is 4.79. The predicted molar refractivity (Wildman–Crippen MR) is 145 cm³/mol. The van der Waals surface area contributed by atoms with E-state index in [1.165, 1.54) is 11.8 Å². The number of benzene rings is 3. The number of H-pyrrole nitrogens is 2. The van der Waals surface area contributed by atoms with Gasteiger partial charge in [-0.1, -0.05) is 71.6 Å². The van der Waals surface area contributed by atoms with Crippen LogP contribution < -0.4 is 10.9 Å². The average Bonchev–Trinajstić information content (AvgIpc) is 3.50. The molecule has 2 aromatic heterocycles. The number of nitrogens with one attached hydrogen (secondary N) is 3. The van der Waals surface area contributed by atoms with Gasteiger partial charge < -0.3 is 10.3 Å². The van der Waals surface area contributed by atoms with Gasteiger partial charge in [0.1, 0.15) is 17.7 Å². The molecule has 3 N–H and O–H groups in total. The molecule has 11 heteroatoms. The predicted octanol–water partition coefficient (Wildman–Crippen LogP) is 4.51. The monoisotopic (exact) mass is 530 g/mol. The van der Waals surface area contributed by atoms with E-state index in [0.717, 1.165) is 11.1 Å². The summed E-state index contributed by atoms with van der Waals surface area (Å²) in [7, 11) is 0. The van der Waals surface area contributed by atoms with Crippen LogP contribution in [-0.4, -0.2) is 31.5 Å². The summed E-state index contributed by atoms with van der Waals surface area (Å²) in [6.07, 6.45) is 0. The lowest BCUT2D eigenvalue weighted by Gasteiger charge is -2.12. The van der Waals surface area contributed by atoms with E-state index in [4.69, 9.17) is 0 Å². The van der Waals surface area contributed by atoms with E-state index >= 15 is 0 Å². The number of pyridine rings is 1. The van der Waals surface area contributed by atoms with Gasteiger partial charge in [-0.2, -0.15) is 15.7 Å². The van der Waals surface area contributed by atoms with E-state index in [2.05, 4.69) is 37.0 Å². The molecule has 5 aromatic rings. The topological polar surface area (TPSA) is 164 Å². The number of aromatic nitrogens is 5. The van der Waals surface area contributed by atoms with Gasteiger partial charge in [-0.3, -0.25) is 9.59 Å². The summed E-state index contributed by atoms with van der Waals surface area (Å²) in [5.74, 6) is 0.465. The standard InChI is InChI=1S/C28H18N8O2S/c29-14-22-25(23(15-30)28(32-27(22)38)39-16-24-33-35-36-34-24)19-10-6-17(7-11-19)18-8-12-20(13-9-18)26(37)31-21-4-2-1-3-5-21/h1-13H,16H2,(H,31,37)(H,32,38)(H,33,34,35,36). The van der Waals surface area contributed by atoms with Gasteiger partial charge in [0.15, 0.2) is 5.82 Å². The molecule has 5 rings (SSSR count). The zero-order valence-electron chi connectivity index (χ0n) is 20.2. The van der Waals surface area contributed by atoms with Crippen molar-refractivity contribution in [1.82, 2.24) is 25.6 Å². The molecule has 0 spiro atoms. The molecule has 0 aliphatic carbocycles. The van der Waals surface area contributed by atoms with Crippen molar-refractivity contribution in [3.8, 4) is 34.4 Å². The van der Waals surface area contributed by atoms with E-state index in [0.29, 0.717) is 27.7 Å². The van der Waals surface area contributed by atoms with Gasteiger partial charge in [0, 0.05) is 16.8 Å². The molecule has 0 aliphatic heterocycles. The fraction of sp³-hybridized carbons (Fsp3) is 0.0357. The van der Waals surface area contributed by atoms with E-state index in [1.54, 1.807) is 24.3 Å². The highest BCUT2D eigenvalue weighted by molar-refractivity contribution is 7.98. The lowest BCUT2D eigenvalue weighted by molar-refractivity contribution is 0.102. The van der Waals surface area contributed by atoms with Crippen LogP contribution in [0.25, 0.3) is 22.3 Å². The van der Waals surface area contributed by atoms with Crippen molar-refractivity contribution in [2.45, 2.75) is 10.8 Å². The van der Waals surface area contributed by atoms with Gasteiger partial charge in [-0.25, -0.2) is 0 Å². The van der Waals surface area contributed by atoms with Crippen LogP contribution in [0.4, 0.5) is 5.69 Å². The summed E-state index contributed by atoms with van der Waals surface area (Å²) >= 11 is 1.17. The third kappa shape index (κ3) is 5.44. The second-order valence-corrected chi connectivity index (χ2v) is 9.21. The minimum absolute atomic E-state index is 0.142. The maximum absolute atomic E-state index is 12.7. The first-order chi connectivity index (χ1) is 19.1. The number of tetrazole rings is 1. The zero-order chi connectivity index (χ0) is 27.2. The van der Waals surface area contributed by atoms with Crippen molar-refractivity contribution in [1.29, 1.82) is 10.5 Å². The maximum atomic E-state index is 12.7. The smallest absolute Gasteiger partial charge is 0.267 e. The van der Waals surface area contributed by atoms with Crippen LogP contribution in [0.5, 0.6) is 0 Å². The van der Waals surface area contributed by atoms with Crippen LogP contribution in [0.15, 0.2) is 88.7 Å².